The van der Waals surface area contributed by atoms with Crippen LogP contribution in [-0.4, -0.2) is 38.5 Å². The fraction of sp³-hybridized carbons (Fsp3) is 0.500. The molecule has 0 spiro atoms. The Hall–Kier alpha value is -0.870. The van der Waals surface area contributed by atoms with Crippen molar-refractivity contribution in [3.8, 4) is 5.75 Å². The molecule has 0 saturated carbocycles. The Bertz CT molecular complexity index is 377. The lowest BCUT2D eigenvalue weighted by Crippen LogP contribution is -2.43. The summed E-state index contributed by atoms with van der Waals surface area (Å²) in [6.45, 7) is 5.11. The van der Waals surface area contributed by atoms with Crippen molar-refractivity contribution in [3.63, 3.8) is 0 Å². The van der Waals surface area contributed by atoms with E-state index in [0.717, 1.165) is 44.3 Å². The Balaban J connectivity index is 1.93. The van der Waals surface area contributed by atoms with E-state index >= 15 is 0 Å². The van der Waals surface area contributed by atoms with E-state index in [-0.39, 0.29) is 0 Å². The average molecular weight is 236 g/mol. The summed E-state index contributed by atoms with van der Waals surface area (Å²) in [4.78, 5) is 3.71. The van der Waals surface area contributed by atoms with Crippen LogP contribution < -0.4 is 15.0 Å². The third-order valence-electron chi connectivity index (χ3n) is 3.00. The normalized spacial score (nSPS) is 20.1. The zero-order valence-corrected chi connectivity index (χ0v) is 10.1. The van der Waals surface area contributed by atoms with E-state index in [1.165, 1.54) is 10.6 Å². The topological polar surface area (TPSA) is 24.5 Å². The van der Waals surface area contributed by atoms with Gasteiger partial charge in [0.15, 0.2) is 5.75 Å². The molecule has 16 heavy (non-hydrogen) atoms. The van der Waals surface area contributed by atoms with E-state index in [1.807, 2.05) is 11.8 Å². The van der Waals surface area contributed by atoms with Gasteiger partial charge >= 0.3 is 0 Å². The first-order chi connectivity index (χ1) is 7.95. The molecule has 0 amide bonds. The van der Waals surface area contributed by atoms with E-state index in [0.29, 0.717) is 0 Å². The molecule has 1 N–H and O–H groups in total. The van der Waals surface area contributed by atoms with Crippen LogP contribution in [0.2, 0.25) is 0 Å². The molecule has 2 aliphatic rings. The highest BCUT2D eigenvalue weighted by atomic mass is 32.2. The summed E-state index contributed by atoms with van der Waals surface area (Å²) in [7, 11) is 0. The number of piperazine rings is 1. The number of nitrogens with zero attached hydrogens (tertiary/aromatic N) is 1. The molecular formula is C12H16N2OS. The van der Waals surface area contributed by atoms with Crippen LogP contribution in [-0.2, 0) is 0 Å². The molecule has 2 heterocycles. The molecule has 0 radical (unpaired) electrons. The second kappa shape index (κ2) is 4.55. The van der Waals surface area contributed by atoms with E-state index in [4.69, 9.17) is 4.74 Å². The molecule has 0 unspecified atom stereocenters. The Morgan fingerprint density at radius 3 is 3.00 bits per heavy atom. The Morgan fingerprint density at radius 2 is 2.12 bits per heavy atom. The second-order valence-corrected chi connectivity index (χ2v) is 5.18. The van der Waals surface area contributed by atoms with E-state index in [1.54, 1.807) is 0 Å². The van der Waals surface area contributed by atoms with Gasteiger partial charge in [-0.3, -0.25) is 0 Å². The summed E-state index contributed by atoms with van der Waals surface area (Å²) in [5.41, 5.74) is 1.27. The number of para-hydroxylation sites is 1. The highest BCUT2D eigenvalue weighted by Crippen LogP contribution is 2.40. The number of rotatable bonds is 1. The van der Waals surface area contributed by atoms with E-state index < -0.39 is 0 Å². The molecule has 1 aromatic carbocycles. The van der Waals surface area contributed by atoms with Gasteiger partial charge in [0.1, 0.15) is 0 Å². The summed E-state index contributed by atoms with van der Waals surface area (Å²) in [6.07, 6.45) is 0. The van der Waals surface area contributed by atoms with Gasteiger partial charge in [0, 0.05) is 31.9 Å². The summed E-state index contributed by atoms with van der Waals surface area (Å²) in [5, 5.41) is 3.38. The number of nitrogens with one attached hydrogen (secondary N) is 1. The van der Waals surface area contributed by atoms with Gasteiger partial charge in [0.2, 0.25) is 0 Å². The van der Waals surface area contributed by atoms with Gasteiger partial charge < -0.3 is 15.0 Å². The van der Waals surface area contributed by atoms with Crippen molar-refractivity contribution in [3.05, 3.63) is 18.2 Å². The van der Waals surface area contributed by atoms with Gasteiger partial charge in [-0.25, -0.2) is 0 Å². The van der Waals surface area contributed by atoms with Gasteiger partial charge in [-0.05, 0) is 12.1 Å². The second-order valence-electron chi connectivity index (χ2n) is 4.04. The van der Waals surface area contributed by atoms with Crippen LogP contribution in [0.25, 0.3) is 0 Å². The van der Waals surface area contributed by atoms with Gasteiger partial charge in [-0.2, -0.15) is 0 Å². The molecule has 4 heteroatoms. The zero-order valence-electron chi connectivity index (χ0n) is 9.24. The lowest BCUT2D eigenvalue weighted by molar-refractivity contribution is 0.329. The zero-order chi connectivity index (χ0) is 10.8. The van der Waals surface area contributed by atoms with Crippen LogP contribution in [0.1, 0.15) is 0 Å². The number of benzene rings is 1. The maximum atomic E-state index is 5.82. The first-order valence-electron chi connectivity index (χ1n) is 5.79. The van der Waals surface area contributed by atoms with Crippen LogP contribution >= 0.6 is 11.8 Å². The highest BCUT2D eigenvalue weighted by molar-refractivity contribution is 7.99. The van der Waals surface area contributed by atoms with Gasteiger partial charge in [-0.1, -0.05) is 6.07 Å². The molecule has 0 bridgehead atoms. The fourth-order valence-electron chi connectivity index (χ4n) is 2.21. The van der Waals surface area contributed by atoms with Crippen molar-refractivity contribution in [1.82, 2.24) is 5.32 Å². The van der Waals surface area contributed by atoms with Gasteiger partial charge in [0.05, 0.1) is 17.2 Å². The largest absolute Gasteiger partial charge is 0.489 e. The highest BCUT2D eigenvalue weighted by Gasteiger charge is 2.20. The van der Waals surface area contributed by atoms with Crippen LogP contribution in [0.5, 0.6) is 5.75 Å². The van der Waals surface area contributed by atoms with Crippen molar-refractivity contribution in [2.75, 3.05) is 43.4 Å². The van der Waals surface area contributed by atoms with Crippen LogP contribution in [0.4, 0.5) is 5.69 Å². The third-order valence-corrected chi connectivity index (χ3v) is 4.01. The first kappa shape index (κ1) is 10.3. The minimum atomic E-state index is 0.834. The molecule has 1 saturated heterocycles. The van der Waals surface area contributed by atoms with E-state index in [9.17, 15) is 0 Å². The van der Waals surface area contributed by atoms with Crippen molar-refractivity contribution in [2.45, 2.75) is 4.90 Å². The summed E-state index contributed by atoms with van der Waals surface area (Å²) >= 11 is 1.90. The Morgan fingerprint density at radius 1 is 1.25 bits per heavy atom. The van der Waals surface area contributed by atoms with E-state index in [2.05, 4.69) is 28.4 Å². The predicted molar refractivity (Wildman–Crippen MR) is 67.7 cm³/mol. The molecule has 3 nitrogen and oxygen atoms in total. The number of anilines is 1. The van der Waals surface area contributed by atoms with Crippen molar-refractivity contribution < 1.29 is 4.74 Å². The number of fused-ring (bicyclic) bond motifs is 1. The monoisotopic (exact) mass is 236 g/mol. The van der Waals surface area contributed by atoms with Crippen molar-refractivity contribution >= 4 is 17.4 Å². The number of hydrogen-bond acceptors (Lipinski definition) is 4. The fourth-order valence-corrected chi connectivity index (χ4v) is 3.07. The van der Waals surface area contributed by atoms with Crippen molar-refractivity contribution in [2.24, 2.45) is 0 Å². The molecular weight excluding hydrogens is 220 g/mol. The predicted octanol–water partition coefficient (Wildman–Crippen LogP) is 1.58. The van der Waals surface area contributed by atoms with Gasteiger partial charge in [-0.15, -0.1) is 11.8 Å². The smallest absolute Gasteiger partial charge is 0.156 e. The minimum Gasteiger partial charge on any atom is -0.489 e. The molecule has 0 aromatic heterocycles. The van der Waals surface area contributed by atoms with Crippen LogP contribution in [0, 0.1) is 0 Å². The molecule has 1 aromatic rings. The third kappa shape index (κ3) is 1.87. The average Bonchev–Trinajstić information content (AvgIpc) is 2.39. The molecule has 2 aliphatic heterocycles. The summed E-state index contributed by atoms with van der Waals surface area (Å²) in [5.74, 6) is 2.17. The molecule has 1 fully saturated rings. The minimum absolute atomic E-state index is 0.834. The first-order valence-corrected chi connectivity index (χ1v) is 6.78. The standard InChI is InChI=1S/C12H16N2OS/c1-2-10(14-6-4-13-5-7-14)12-11(3-1)16-9-8-15-12/h1-3,13H,4-9H2. The Labute approximate surface area is 100 Å². The number of ether oxygens (including phenoxy) is 1. The molecule has 0 atom stereocenters. The van der Waals surface area contributed by atoms with Crippen LogP contribution in [0.15, 0.2) is 23.1 Å². The van der Waals surface area contributed by atoms with Crippen LogP contribution in [0.3, 0.4) is 0 Å². The maximum absolute atomic E-state index is 5.82. The molecule has 0 aliphatic carbocycles. The lowest BCUT2D eigenvalue weighted by atomic mass is 10.2. The number of thioether (sulfide) groups is 1. The van der Waals surface area contributed by atoms with Gasteiger partial charge in [0.25, 0.3) is 0 Å². The Kier molecular flexibility index (Phi) is 2.93. The maximum Gasteiger partial charge on any atom is 0.156 e. The molecule has 86 valence electrons. The molecule has 3 rings (SSSR count). The quantitative estimate of drug-likeness (QED) is 0.800. The van der Waals surface area contributed by atoms with Crippen molar-refractivity contribution in [1.29, 1.82) is 0 Å². The number of hydrogen-bond donors (Lipinski definition) is 1. The summed E-state index contributed by atoms with van der Waals surface area (Å²) in [6, 6.07) is 6.47. The lowest BCUT2D eigenvalue weighted by Gasteiger charge is -2.32. The SMILES string of the molecule is c1cc2c(c(N3CCNCC3)c1)OCCS2. The summed E-state index contributed by atoms with van der Waals surface area (Å²) < 4.78 is 5.82.